The van der Waals surface area contributed by atoms with E-state index < -0.39 is 77.9 Å². The maximum Gasteiger partial charge on any atom is 0.323 e. The normalized spacial score (nSPS) is 23.7. The second-order valence-corrected chi connectivity index (χ2v) is 21.9. The average molecular weight is 1080 g/mol. The number of aldehydes is 1. The van der Waals surface area contributed by atoms with E-state index in [0.717, 1.165) is 43.9 Å². The molecule has 0 radical (unpaired) electrons. The predicted octanol–water partition coefficient (Wildman–Crippen LogP) is 8.06. The summed E-state index contributed by atoms with van der Waals surface area (Å²) in [5, 5.41) is 20.1. The first-order valence-corrected chi connectivity index (χ1v) is 27.2. The molecule has 20 heteroatoms. The molecule has 4 amide bonds. The summed E-state index contributed by atoms with van der Waals surface area (Å²) in [5.74, 6) is -4.54. The van der Waals surface area contributed by atoms with E-state index in [1.165, 1.54) is 34.7 Å². The summed E-state index contributed by atoms with van der Waals surface area (Å²) < 4.78 is 92.6. The second kappa shape index (κ2) is 22.6. The number of urea groups is 1. The summed E-state index contributed by atoms with van der Waals surface area (Å²) in [4.78, 5) is 56.6. The van der Waals surface area contributed by atoms with Crippen molar-refractivity contribution in [3.63, 3.8) is 0 Å². The van der Waals surface area contributed by atoms with Crippen LogP contribution in [0, 0.1) is 42.0 Å². The number of aromatic nitrogens is 2. The van der Waals surface area contributed by atoms with Crippen LogP contribution in [0.5, 0.6) is 11.5 Å². The molecule has 4 atom stereocenters. The summed E-state index contributed by atoms with van der Waals surface area (Å²) in [7, 11) is 1.57. The van der Waals surface area contributed by atoms with Crippen LogP contribution in [0.1, 0.15) is 109 Å². The Balaban J connectivity index is 0.740. The van der Waals surface area contributed by atoms with Crippen LogP contribution >= 0.6 is 0 Å². The topological polar surface area (TPSA) is 185 Å². The fourth-order valence-electron chi connectivity index (χ4n) is 12.9. The van der Waals surface area contributed by atoms with Gasteiger partial charge >= 0.3 is 6.03 Å². The zero-order chi connectivity index (χ0) is 55.2. The van der Waals surface area contributed by atoms with Crippen molar-refractivity contribution in [3.05, 3.63) is 106 Å². The maximum atomic E-state index is 16.7. The van der Waals surface area contributed by atoms with Gasteiger partial charge in [0.05, 0.1) is 23.6 Å². The van der Waals surface area contributed by atoms with Gasteiger partial charge in [0.15, 0.2) is 35.0 Å². The standard InChI is InChI=1S/C58H67F5N8O7/c1-32-43(60)26-46-48(47(32)50-41(54(64)74)13-14-45(51(50)62)77-30-38(59)28-72)33(2)58(78-46,37-7-5-4-6-8-37)31-65-39-11-9-36(10-12-39)56(75)70-22-15-34(16-23-70)27-69-20-17-35(18-21-69)49-44(61)25-42-53(52(49)63)68(3)67-55(42)71-24-19-40(29-73)66-57(71)76/h4-8,13-14,25-26,29,33-36,38-40,65,72H,9-12,15-24,27-28,30-31H2,1-3H3,(H2,64,74)(H,66,76). The van der Waals surface area contributed by atoms with Gasteiger partial charge in [0, 0.05) is 80.4 Å². The molecule has 1 aliphatic carbocycles. The summed E-state index contributed by atoms with van der Waals surface area (Å²) in [6.07, 6.45) is 4.96. The van der Waals surface area contributed by atoms with Crippen LogP contribution in [0.15, 0.2) is 54.6 Å². The molecule has 5 aromatic rings. The van der Waals surface area contributed by atoms with Gasteiger partial charge in [-0.3, -0.25) is 19.2 Å². The lowest BCUT2D eigenvalue weighted by Gasteiger charge is -2.40. The number of aliphatic hydroxyl groups is 1. The first-order valence-electron chi connectivity index (χ1n) is 27.2. The third kappa shape index (κ3) is 10.3. The third-order valence-corrected chi connectivity index (χ3v) is 17.3. The minimum Gasteiger partial charge on any atom is -0.487 e. The van der Waals surface area contributed by atoms with Crippen LogP contribution < -0.4 is 30.7 Å². The number of ether oxygens (including phenoxy) is 2. The average Bonchev–Trinajstić information content (AvgIpc) is 4.04. The molecule has 5 N–H and O–H groups in total. The molecule has 3 saturated heterocycles. The number of hydrogen-bond acceptors (Lipinski definition) is 10. The number of amides is 4. The molecule has 0 bridgehead atoms. The molecule has 416 valence electrons. The molecule has 4 aliphatic heterocycles. The summed E-state index contributed by atoms with van der Waals surface area (Å²) >= 11 is 0. The molecule has 0 spiro atoms. The van der Waals surface area contributed by atoms with Crippen molar-refractivity contribution in [2.45, 2.75) is 107 Å². The minimum absolute atomic E-state index is 0.0281. The van der Waals surface area contributed by atoms with E-state index in [1.54, 1.807) is 7.05 Å². The quantitative estimate of drug-likeness (QED) is 0.0557. The van der Waals surface area contributed by atoms with Crippen molar-refractivity contribution in [3.8, 4) is 22.6 Å². The summed E-state index contributed by atoms with van der Waals surface area (Å²) in [6.45, 7) is 5.91. The Morgan fingerprint density at radius 3 is 2.31 bits per heavy atom. The number of aliphatic hydroxyl groups excluding tert-OH is 1. The van der Waals surface area contributed by atoms with Crippen LogP contribution in [0.2, 0.25) is 0 Å². The van der Waals surface area contributed by atoms with E-state index in [2.05, 4.69) is 20.6 Å². The fraction of sp³-hybridized carbons (Fsp3) is 0.500. The summed E-state index contributed by atoms with van der Waals surface area (Å²) in [5.41, 5.74) is 5.71. The van der Waals surface area contributed by atoms with Crippen molar-refractivity contribution < 1.29 is 55.7 Å². The first kappa shape index (κ1) is 54.7. The number of nitrogens with zero attached hydrogens (tertiary/aromatic N) is 5. The lowest BCUT2D eigenvalue weighted by molar-refractivity contribution is -0.138. The Morgan fingerprint density at radius 1 is 0.923 bits per heavy atom. The van der Waals surface area contributed by atoms with Crippen LogP contribution in [-0.4, -0.2) is 126 Å². The molecule has 15 nitrogen and oxygen atoms in total. The molecular formula is C58H67F5N8O7. The maximum absolute atomic E-state index is 16.7. The predicted molar refractivity (Wildman–Crippen MR) is 282 cm³/mol. The third-order valence-electron chi connectivity index (χ3n) is 17.3. The van der Waals surface area contributed by atoms with E-state index in [-0.39, 0.29) is 87.2 Å². The second-order valence-electron chi connectivity index (χ2n) is 21.9. The number of anilines is 1. The van der Waals surface area contributed by atoms with E-state index in [0.29, 0.717) is 76.1 Å². The highest BCUT2D eigenvalue weighted by atomic mass is 19.1. The fourth-order valence-corrected chi connectivity index (χ4v) is 12.9. The summed E-state index contributed by atoms with van der Waals surface area (Å²) in [6, 6.07) is 13.3. The van der Waals surface area contributed by atoms with Crippen molar-refractivity contribution in [1.82, 2.24) is 30.2 Å². The zero-order valence-electron chi connectivity index (χ0n) is 44.1. The number of fused-ring (bicyclic) bond motifs is 2. The molecule has 4 aromatic carbocycles. The number of halogens is 5. The largest absolute Gasteiger partial charge is 0.487 e. The van der Waals surface area contributed by atoms with Gasteiger partial charge in [0.2, 0.25) is 11.8 Å². The van der Waals surface area contributed by atoms with Gasteiger partial charge < -0.3 is 45.5 Å². The number of primary amides is 1. The van der Waals surface area contributed by atoms with Gasteiger partial charge in [-0.05, 0) is 125 Å². The van der Waals surface area contributed by atoms with Crippen molar-refractivity contribution >= 4 is 40.9 Å². The SMILES string of the molecule is Cc1c(F)cc2c(c1-c1c(C(N)=O)ccc(OCC(F)CO)c1F)C(C)C(CNC1CCC(C(=O)N3CCC(CN4CCC(c5c(F)cc6c(N7CCC(C=O)NC7=O)nn(C)c6c5F)CC4)CC3)CC1)(c1ccccc1)O2. The number of piperidine rings is 2. The number of nitrogens with two attached hydrogens (primary N) is 1. The van der Waals surface area contributed by atoms with Gasteiger partial charge in [-0.2, -0.15) is 5.10 Å². The molecule has 78 heavy (non-hydrogen) atoms. The number of rotatable bonds is 16. The molecule has 4 fully saturated rings. The number of likely N-dealkylation sites (tertiary alicyclic amines) is 2. The van der Waals surface area contributed by atoms with E-state index >= 15 is 17.6 Å². The number of carbonyl (C=O) groups excluding carboxylic acids is 4. The number of benzene rings is 4. The highest BCUT2D eigenvalue weighted by Crippen LogP contribution is 2.56. The smallest absolute Gasteiger partial charge is 0.323 e. The van der Waals surface area contributed by atoms with Crippen LogP contribution in [0.3, 0.4) is 0 Å². The number of alkyl halides is 1. The van der Waals surface area contributed by atoms with Crippen molar-refractivity contribution in [2.24, 2.45) is 24.6 Å². The van der Waals surface area contributed by atoms with Gasteiger partial charge in [0.1, 0.15) is 35.8 Å². The Bertz CT molecular complexity index is 3080. The van der Waals surface area contributed by atoms with Crippen molar-refractivity contribution in [2.75, 3.05) is 63.9 Å². The number of aryl methyl sites for hydroxylation is 1. The molecule has 1 aromatic heterocycles. The van der Waals surface area contributed by atoms with Crippen molar-refractivity contribution in [1.29, 1.82) is 0 Å². The lowest BCUT2D eigenvalue weighted by Crippen LogP contribution is -2.52. The monoisotopic (exact) mass is 1080 g/mol. The molecule has 10 rings (SSSR count). The molecule has 5 aliphatic rings. The Hall–Kier alpha value is -6.64. The van der Waals surface area contributed by atoms with E-state index in [9.17, 15) is 28.7 Å². The van der Waals surface area contributed by atoms with Crippen LogP contribution in [0.4, 0.5) is 32.6 Å². The van der Waals surface area contributed by atoms with Gasteiger partial charge in [-0.1, -0.05) is 37.3 Å². The van der Waals surface area contributed by atoms with Crippen LogP contribution in [-0.2, 0) is 22.2 Å². The van der Waals surface area contributed by atoms with Gasteiger partial charge in [0.25, 0.3) is 0 Å². The lowest BCUT2D eigenvalue weighted by atomic mass is 9.76. The zero-order valence-corrected chi connectivity index (χ0v) is 44.1. The van der Waals surface area contributed by atoms with Gasteiger partial charge in [-0.15, -0.1) is 0 Å². The molecule has 5 heterocycles. The number of nitrogens with one attached hydrogen (secondary N) is 2. The Morgan fingerprint density at radius 2 is 1.64 bits per heavy atom. The molecular weight excluding hydrogens is 1020 g/mol. The van der Waals surface area contributed by atoms with Crippen LogP contribution in [0.25, 0.3) is 22.0 Å². The highest BCUT2D eigenvalue weighted by molar-refractivity contribution is 6.03. The Labute approximate surface area is 449 Å². The minimum atomic E-state index is -1.79. The first-order chi connectivity index (χ1) is 37.5. The Kier molecular flexibility index (Phi) is 15.9. The number of hydrogen-bond donors (Lipinski definition) is 4. The number of carbonyl (C=O) groups is 4. The molecule has 4 unspecified atom stereocenters. The van der Waals surface area contributed by atoms with E-state index in [4.69, 9.17) is 15.2 Å². The van der Waals surface area contributed by atoms with Gasteiger partial charge in [-0.25, -0.2) is 26.7 Å². The highest BCUT2D eigenvalue weighted by Gasteiger charge is 2.50. The van der Waals surface area contributed by atoms with E-state index in [1.807, 2.05) is 42.2 Å². The molecule has 1 saturated carbocycles.